The number of piperidine rings is 1. The van der Waals surface area contributed by atoms with Crippen molar-refractivity contribution in [2.45, 2.75) is 26.2 Å². The van der Waals surface area contributed by atoms with Crippen LogP contribution in [0.15, 0.2) is 6.07 Å². The first-order chi connectivity index (χ1) is 10.8. The van der Waals surface area contributed by atoms with Crippen LogP contribution in [0.4, 0.5) is 11.6 Å². The molecule has 0 radical (unpaired) electrons. The molecule has 0 bridgehead atoms. The van der Waals surface area contributed by atoms with Gasteiger partial charge in [0.05, 0.1) is 0 Å². The van der Waals surface area contributed by atoms with Gasteiger partial charge >= 0.3 is 5.97 Å². The number of carboxylic acids is 1. The van der Waals surface area contributed by atoms with Gasteiger partial charge in [-0.05, 0) is 19.3 Å². The van der Waals surface area contributed by atoms with E-state index < -0.39 is 5.97 Å². The molecule has 128 valence electrons. The number of hydrogen-bond acceptors (Lipinski definition) is 7. The molecule has 0 aromatic carbocycles. The first kappa shape index (κ1) is 18.3. The molecular formula is C13H22N6O4. The van der Waals surface area contributed by atoms with E-state index in [0.29, 0.717) is 10.5 Å². The molecule has 1 fully saturated rings. The van der Waals surface area contributed by atoms with Gasteiger partial charge in [0.25, 0.3) is 5.62 Å². The summed E-state index contributed by atoms with van der Waals surface area (Å²) in [6, 6.07) is 1.60. The lowest BCUT2D eigenvalue weighted by molar-refractivity contribution is -0.137. The van der Waals surface area contributed by atoms with Crippen LogP contribution in [-0.4, -0.2) is 51.5 Å². The zero-order valence-corrected chi connectivity index (χ0v) is 12.9. The van der Waals surface area contributed by atoms with Crippen molar-refractivity contribution < 1.29 is 19.9 Å². The topological polar surface area (TPSA) is 158 Å². The Hall–Kier alpha value is -2.78. The zero-order valence-electron chi connectivity index (χ0n) is 12.9. The minimum atomic E-state index is -1.03. The Labute approximate surface area is 133 Å². The van der Waals surface area contributed by atoms with E-state index in [1.165, 1.54) is 13.3 Å². The van der Waals surface area contributed by atoms with Gasteiger partial charge < -0.3 is 26.3 Å². The Morgan fingerprint density at radius 2 is 2.00 bits per heavy atom. The van der Waals surface area contributed by atoms with Gasteiger partial charge in [-0.2, -0.15) is 4.98 Å². The second kappa shape index (κ2) is 8.61. The lowest BCUT2D eigenvalue weighted by Gasteiger charge is -2.27. The molecule has 1 amide bonds. The highest BCUT2D eigenvalue weighted by Gasteiger charge is 2.13. The number of carbonyl (C=O) groups excluding carboxylic acids is 1. The standard InChI is InChI=1S/C9H15N5O.C4H7NO3/c10-7-6-8(12-9(11)14(7)15)13-4-2-1-3-5-13;1-3(6)5-2-4(7)8/h6,11,15H,1-5,10H2;2H2,1H3,(H,5,6)(H,7,8). The number of rotatable bonds is 3. The Kier molecular flexibility index (Phi) is 6.84. The summed E-state index contributed by atoms with van der Waals surface area (Å²) >= 11 is 0. The van der Waals surface area contributed by atoms with E-state index >= 15 is 0 Å². The minimum absolute atomic E-state index is 0.149. The summed E-state index contributed by atoms with van der Waals surface area (Å²) in [4.78, 5) is 25.7. The fourth-order valence-electron chi connectivity index (χ4n) is 1.99. The van der Waals surface area contributed by atoms with Crippen LogP contribution in [0.5, 0.6) is 0 Å². The van der Waals surface area contributed by atoms with Crippen LogP contribution in [0, 0.1) is 5.41 Å². The Morgan fingerprint density at radius 1 is 1.39 bits per heavy atom. The van der Waals surface area contributed by atoms with E-state index in [2.05, 4.69) is 15.2 Å². The number of amides is 1. The van der Waals surface area contributed by atoms with Crippen molar-refractivity contribution in [3.05, 3.63) is 11.7 Å². The van der Waals surface area contributed by atoms with Crippen molar-refractivity contribution in [1.82, 2.24) is 15.0 Å². The SMILES string of the molecule is CC(=O)NCC(=O)O.N=c1nc(N2CCCCC2)cc(N)n1O. The molecule has 0 unspecified atom stereocenters. The van der Waals surface area contributed by atoms with Crippen molar-refractivity contribution >= 4 is 23.5 Å². The van der Waals surface area contributed by atoms with Crippen LogP contribution in [-0.2, 0) is 9.59 Å². The highest BCUT2D eigenvalue weighted by atomic mass is 16.5. The van der Waals surface area contributed by atoms with Crippen LogP contribution in [0.3, 0.4) is 0 Å². The van der Waals surface area contributed by atoms with Crippen molar-refractivity contribution in [2.24, 2.45) is 0 Å². The molecule has 2 rings (SSSR count). The number of carbonyl (C=O) groups is 2. The molecule has 0 atom stereocenters. The van der Waals surface area contributed by atoms with Gasteiger partial charge in [-0.1, -0.05) is 0 Å². The van der Waals surface area contributed by atoms with E-state index in [-0.39, 0.29) is 23.9 Å². The lowest BCUT2D eigenvalue weighted by Crippen LogP contribution is -2.33. The second-order valence-corrected chi connectivity index (χ2v) is 5.03. The van der Waals surface area contributed by atoms with Gasteiger partial charge in [-0.3, -0.25) is 15.0 Å². The molecule has 23 heavy (non-hydrogen) atoms. The maximum atomic E-state index is 9.97. The monoisotopic (exact) mass is 326 g/mol. The molecule has 1 aliphatic rings. The molecule has 0 spiro atoms. The Balaban J connectivity index is 0.000000284. The smallest absolute Gasteiger partial charge is 0.322 e. The minimum Gasteiger partial charge on any atom is -0.480 e. The van der Waals surface area contributed by atoms with Crippen LogP contribution in [0.1, 0.15) is 26.2 Å². The number of nitrogens with zero attached hydrogens (tertiary/aromatic N) is 3. The number of aromatic nitrogens is 2. The normalized spacial score (nSPS) is 13.7. The van der Waals surface area contributed by atoms with Crippen LogP contribution < -0.4 is 21.6 Å². The lowest BCUT2D eigenvalue weighted by atomic mass is 10.1. The van der Waals surface area contributed by atoms with E-state index in [1.807, 2.05) is 0 Å². The molecule has 10 heteroatoms. The number of nitrogens with two attached hydrogens (primary N) is 1. The van der Waals surface area contributed by atoms with E-state index in [0.717, 1.165) is 25.9 Å². The molecule has 1 saturated heterocycles. The maximum Gasteiger partial charge on any atom is 0.322 e. The molecule has 1 aromatic heterocycles. The second-order valence-electron chi connectivity index (χ2n) is 5.03. The average molecular weight is 326 g/mol. The largest absolute Gasteiger partial charge is 0.480 e. The third-order valence-electron chi connectivity index (χ3n) is 3.11. The number of aliphatic carboxylic acids is 1. The first-order valence-electron chi connectivity index (χ1n) is 7.16. The molecule has 1 aliphatic heterocycles. The number of nitrogen functional groups attached to an aromatic ring is 1. The third kappa shape index (κ3) is 6.24. The molecular weight excluding hydrogens is 304 g/mol. The predicted octanol–water partition coefficient (Wildman–Crippen LogP) is -0.621. The zero-order chi connectivity index (χ0) is 17.4. The number of anilines is 2. The van der Waals surface area contributed by atoms with Crippen LogP contribution >= 0.6 is 0 Å². The first-order valence-corrected chi connectivity index (χ1v) is 7.16. The molecule has 0 aliphatic carbocycles. The highest BCUT2D eigenvalue weighted by molar-refractivity contribution is 5.79. The molecule has 10 nitrogen and oxygen atoms in total. The summed E-state index contributed by atoms with van der Waals surface area (Å²) in [5.41, 5.74) is 5.33. The fraction of sp³-hybridized carbons (Fsp3) is 0.538. The fourth-order valence-corrected chi connectivity index (χ4v) is 1.99. The van der Waals surface area contributed by atoms with E-state index in [1.54, 1.807) is 6.07 Å². The van der Waals surface area contributed by atoms with Gasteiger partial charge in [0.2, 0.25) is 5.91 Å². The van der Waals surface area contributed by atoms with Gasteiger partial charge in [-0.15, -0.1) is 4.73 Å². The maximum absolute atomic E-state index is 9.97. The summed E-state index contributed by atoms with van der Waals surface area (Å²) in [5, 5.41) is 26.7. The Bertz CT molecular complexity index is 595. The highest BCUT2D eigenvalue weighted by Crippen LogP contribution is 2.17. The summed E-state index contributed by atoms with van der Waals surface area (Å²) in [6.07, 6.45) is 3.53. The van der Waals surface area contributed by atoms with Crippen molar-refractivity contribution in [1.29, 1.82) is 5.41 Å². The van der Waals surface area contributed by atoms with Crippen molar-refractivity contribution in [3.8, 4) is 0 Å². The predicted molar refractivity (Wildman–Crippen MR) is 82.1 cm³/mol. The van der Waals surface area contributed by atoms with Crippen LogP contribution in [0.25, 0.3) is 0 Å². The van der Waals surface area contributed by atoms with Gasteiger partial charge in [-0.25, -0.2) is 0 Å². The van der Waals surface area contributed by atoms with Gasteiger partial charge in [0.1, 0.15) is 18.2 Å². The third-order valence-corrected chi connectivity index (χ3v) is 3.11. The van der Waals surface area contributed by atoms with Crippen molar-refractivity contribution in [3.63, 3.8) is 0 Å². The summed E-state index contributed by atoms with van der Waals surface area (Å²) in [5.74, 6) is -0.523. The number of nitrogens with one attached hydrogen (secondary N) is 2. The molecule has 0 saturated carbocycles. The number of hydrogen-bond donors (Lipinski definition) is 5. The Morgan fingerprint density at radius 3 is 2.43 bits per heavy atom. The van der Waals surface area contributed by atoms with Crippen molar-refractivity contribution in [2.75, 3.05) is 30.3 Å². The van der Waals surface area contributed by atoms with Gasteiger partial charge in [0, 0.05) is 26.1 Å². The average Bonchev–Trinajstić information content (AvgIpc) is 2.51. The summed E-state index contributed by atoms with van der Waals surface area (Å²) < 4.78 is 0.577. The van der Waals surface area contributed by atoms with Crippen LogP contribution in [0.2, 0.25) is 0 Å². The van der Waals surface area contributed by atoms with E-state index in [9.17, 15) is 14.8 Å². The molecule has 6 N–H and O–H groups in total. The molecule has 2 heterocycles. The molecule has 1 aromatic rings. The summed E-state index contributed by atoms with van der Waals surface area (Å²) in [7, 11) is 0. The van der Waals surface area contributed by atoms with E-state index in [4.69, 9.17) is 16.2 Å². The quantitative estimate of drug-likeness (QED) is 0.463. The number of carboxylic acid groups (broad SMARTS) is 1. The summed E-state index contributed by atoms with van der Waals surface area (Å²) in [6.45, 7) is 2.86. The van der Waals surface area contributed by atoms with Gasteiger partial charge in [0.15, 0.2) is 0 Å².